The molecule has 0 saturated heterocycles. The first-order valence-corrected chi connectivity index (χ1v) is 6.28. The van der Waals surface area contributed by atoms with Crippen molar-refractivity contribution in [3.05, 3.63) is 52.9 Å². The molecule has 0 aliphatic rings. The standard InChI is InChI=1S/C14H15ClN2O2/c1-10-7-11(15)4-5-13(10)17(14(18)8-16)9-12-3-2-6-19-12/h2-7H,8-9,16H2,1H3. The molecule has 0 spiro atoms. The Morgan fingerprint density at radius 3 is 2.79 bits per heavy atom. The SMILES string of the molecule is Cc1cc(Cl)ccc1N(Cc1ccco1)C(=O)CN. The van der Waals surface area contributed by atoms with E-state index < -0.39 is 0 Å². The second kappa shape index (κ2) is 5.91. The Morgan fingerprint density at radius 2 is 2.21 bits per heavy atom. The molecule has 0 saturated carbocycles. The fraction of sp³-hybridized carbons (Fsp3) is 0.214. The highest BCUT2D eigenvalue weighted by Crippen LogP contribution is 2.25. The molecule has 0 fully saturated rings. The van der Waals surface area contributed by atoms with Crippen molar-refractivity contribution in [3.8, 4) is 0 Å². The van der Waals surface area contributed by atoms with Crippen LogP contribution in [0.25, 0.3) is 0 Å². The van der Waals surface area contributed by atoms with Crippen molar-refractivity contribution < 1.29 is 9.21 Å². The topological polar surface area (TPSA) is 59.5 Å². The number of anilines is 1. The van der Waals surface area contributed by atoms with Gasteiger partial charge in [-0.2, -0.15) is 0 Å². The number of carbonyl (C=O) groups excluding carboxylic acids is 1. The fourth-order valence-corrected chi connectivity index (χ4v) is 2.12. The van der Waals surface area contributed by atoms with Gasteiger partial charge >= 0.3 is 0 Å². The average molecular weight is 279 g/mol. The number of hydrogen-bond acceptors (Lipinski definition) is 3. The van der Waals surface area contributed by atoms with Gasteiger partial charge in [0.1, 0.15) is 5.76 Å². The quantitative estimate of drug-likeness (QED) is 0.935. The normalized spacial score (nSPS) is 10.5. The average Bonchev–Trinajstić information content (AvgIpc) is 2.89. The van der Waals surface area contributed by atoms with Gasteiger partial charge in [0, 0.05) is 10.7 Å². The maximum absolute atomic E-state index is 12.0. The van der Waals surface area contributed by atoms with Crippen molar-refractivity contribution in [2.24, 2.45) is 5.73 Å². The summed E-state index contributed by atoms with van der Waals surface area (Å²) in [5.41, 5.74) is 7.18. The first kappa shape index (κ1) is 13.6. The molecule has 0 aliphatic carbocycles. The van der Waals surface area contributed by atoms with E-state index in [1.165, 1.54) is 0 Å². The molecule has 1 heterocycles. The maximum Gasteiger partial charge on any atom is 0.241 e. The lowest BCUT2D eigenvalue weighted by Crippen LogP contribution is -2.35. The summed E-state index contributed by atoms with van der Waals surface area (Å²) in [6.45, 7) is 2.20. The molecule has 0 atom stereocenters. The lowest BCUT2D eigenvalue weighted by Gasteiger charge is -2.23. The highest BCUT2D eigenvalue weighted by Gasteiger charge is 2.17. The summed E-state index contributed by atoms with van der Waals surface area (Å²) >= 11 is 5.93. The van der Waals surface area contributed by atoms with E-state index in [0.29, 0.717) is 17.3 Å². The first-order valence-electron chi connectivity index (χ1n) is 5.91. The van der Waals surface area contributed by atoms with Gasteiger partial charge in [-0.25, -0.2) is 0 Å². The van der Waals surface area contributed by atoms with Crippen LogP contribution < -0.4 is 10.6 Å². The summed E-state index contributed by atoms with van der Waals surface area (Å²) in [6.07, 6.45) is 1.58. The predicted octanol–water partition coefficient (Wildman–Crippen LogP) is 2.73. The Hall–Kier alpha value is -1.78. The number of carbonyl (C=O) groups is 1. The van der Waals surface area contributed by atoms with Crippen molar-refractivity contribution in [1.29, 1.82) is 0 Å². The smallest absolute Gasteiger partial charge is 0.241 e. The van der Waals surface area contributed by atoms with E-state index in [9.17, 15) is 4.79 Å². The minimum Gasteiger partial charge on any atom is -0.467 e. The Labute approximate surface area is 116 Å². The van der Waals surface area contributed by atoms with E-state index in [2.05, 4.69) is 0 Å². The van der Waals surface area contributed by atoms with Crippen molar-refractivity contribution >= 4 is 23.2 Å². The molecule has 1 aromatic carbocycles. The van der Waals surface area contributed by atoms with Crippen LogP contribution in [0, 0.1) is 6.92 Å². The summed E-state index contributed by atoms with van der Waals surface area (Å²) < 4.78 is 5.28. The number of nitrogens with two attached hydrogens (primary N) is 1. The van der Waals surface area contributed by atoms with Crippen LogP contribution in [-0.4, -0.2) is 12.5 Å². The third-order valence-electron chi connectivity index (χ3n) is 2.82. The van der Waals surface area contributed by atoms with Crippen molar-refractivity contribution in [3.63, 3.8) is 0 Å². The lowest BCUT2D eigenvalue weighted by atomic mass is 10.1. The Kier molecular flexibility index (Phi) is 4.24. The number of aryl methyl sites for hydroxylation is 1. The first-order chi connectivity index (χ1) is 9.11. The molecule has 5 heteroatoms. The van der Waals surface area contributed by atoms with Crippen LogP contribution >= 0.6 is 11.6 Å². The number of benzene rings is 1. The van der Waals surface area contributed by atoms with E-state index in [-0.39, 0.29) is 12.5 Å². The Balaban J connectivity index is 2.34. The van der Waals surface area contributed by atoms with Crippen molar-refractivity contribution in [2.75, 3.05) is 11.4 Å². The Morgan fingerprint density at radius 1 is 1.42 bits per heavy atom. The minimum atomic E-state index is -0.165. The number of rotatable bonds is 4. The molecule has 2 N–H and O–H groups in total. The minimum absolute atomic E-state index is 0.0528. The molecule has 2 rings (SSSR count). The summed E-state index contributed by atoms with van der Waals surface area (Å²) in [5, 5.41) is 0.638. The molecule has 1 aromatic heterocycles. The van der Waals surface area contributed by atoms with Gasteiger partial charge in [0.2, 0.25) is 5.91 Å². The van der Waals surface area contributed by atoms with Crippen LogP contribution in [0.15, 0.2) is 41.0 Å². The van der Waals surface area contributed by atoms with Crippen LogP contribution in [0.4, 0.5) is 5.69 Å². The van der Waals surface area contributed by atoms with Gasteiger partial charge in [-0.1, -0.05) is 11.6 Å². The second-order valence-corrected chi connectivity index (χ2v) is 4.63. The van der Waals surface area contributed by atoms with E-state index in [1.54, 1.807) is 23.3 Å². The molecular weight excluding hydrogens is 264 g/mol. The van der Waals surface area contributed by atoms with Crippen LogP contribution in [0.2, 0.25) is 5.02 Å². The molecule has 1 amide bonds. The van der Waals surface area contributed by atoms with Crippen LogP contribution in [0.3, 0.4) is 0 Å². The second-order valence-electron chi connectivity index (χ2n) is 4.19. The van der Waals surface area contributed by atoms with Gasteiger partial charge in [0.15, 0.2) is 0 Å². The highest BCUT2D eigenvalue weighted by molar-refractivity contribution is 6.30. The third-order valence-corrected chi connectivity index (χ3v) is 3.05. The van der Waals surface area contributed by atoms with Gasteiger partial charge < -0.3 is 15.1 Å². The molecule has 0 bridgehead atoms. The number of halogens is 1. The zero-order valence-electron chi connectivity index (χ0n) is 10.6. The largest absolute Gasteiger partial charge is 0.467 e. The molecule has 0 unspecified atom stereocenters. The molecular formula is C14H15ClN2O2. The molecule has 2 aromatic rings. The number of nitrogens with zero attached hydrogens (tertiary/aromatic N) is 1. The summed E-state index contributed by atoms with van der Waals surface area (Å²) in [5.74, 6) is 0.540. The van der Waals surface area contributed by atoms with Crippen molar-refractivity contribution in [2.45, 2.75) is 13.5 Å². The maximum atomic E-state index is 12.0. The monoisotopic (exact) mass is 278 g/mol. The Bertz CT molecular complexity index is 567. The third kappa shape index (κ3) is 3.16. The van der Waals surface area contributed by atoms with Crippen LogP contribution in [0.1, 0.15) is 11.3 Å². The molecule has 19 heavy (non-hydrogen) atoms. The van der Waals surface area contributed by atoms with Gasteiger partial charge in [-0.05, 0) is 42.8 Å². The van der Waals surface area contributed by atoms with E-state index in [0.717, 1.165) is 11.3 Å². The summed E-state index contributed by atoms with van der Waals surface area (Å²) in [7, 11) is 0. The zero-order valence-corrected chi connectivity index (χ0v) is 11.4. The summed E-state index contributed by atoms with van der Waals surface area (Å²) in [6, 6.07) is 8.99. The van der Waals surface area contributed by atoms with Gasteiger partial charge in [-0.15, -0.1) is 0 Å². The lowest BCUT2D eigenvalue weighted by molar-refractivity contribution is -0.117. The van der Waals surface area contributed by atoms with E-state index in [1.807, 2.05) is 25.1 Å². The van der Waals surface area contributed by atoms with Gasteiger partial charge in [-0.3, -0.25) is 4.79 Å². The van der Waals surface area contributed by atoms with Gasteiger partial charge in [0.05, 0.1) is 19.4 Å². The van der Waals surface area contributed by atoms with E-state index >= 15 is 0 Å². The number of amides is 1. The van der Waals surface area contributed by atoms with Crippen LogP contribution in [-0.2, 0) is 11.3 Å². The molecule has 0 aliphatic heterocycles. The van der Waals surface area contributed by atoms with Gasteiger partial charge in [0.25, 0.3) is 0 Å². The molecule has 0 radical (unpaired) electrons. The van der Waals surface area contributed by atoms with Crippen molar-refractivity contribution in [1.82, 2.24) is 0 Å². The molecule has 4 nitrogen and oxygen atoms in total. The van der Waals surface area contributed by atoms with E-state index in [4.69, 9.17) is 21.8 Å². The fourth-order valence-electron chi connectivity index (χ4n) is 1.90. The number of furan rings is 1. The zero-order chi connectivity index (χ0) is 13.8. The molecule has 100 valence electrons. The summed E-state index contributed by atoms with van der Waals surface area (Å²) in [4.78, 5) is 13.6. The number of hydrogen-bond donors (Lipinski definition) is 1. The van der Waals surface area contributed by atoms with Crippen LogP contribution in [0.5, 0.6) is 0 Å². The highest BCUT2D eigenvalue weighted by atomic mass is 35.5. The predicted molar refractivity (Wildman–Crippen MR) is 75.1 cm³/mol.